The van der Waals surface area contributed by atoms with Crippen molar-refractivity contribution in [3.8, 4) is 0 Å². The summed E-state index contributed by atoms with van der Waals surface area (Å²) in [7, 11) is 0. The summed E-state index contributed by atoms with van der Waals surface area (Å²) < 4.78 is 8.86. The summed E-state index contributed by atoms with van der Waals surface area (Å²) in [5, 5.41) is 10.8. The predicted molar refractivity (Wildman–Crippen MR) is 126 cm³/mol. The maximum absolute atomic E-state index is 12.9. The molecule has 7 nitrogen and oxygen atoms in total. The minimum Gasteiger partial charge on any atom is -0.423 e. The molecule has 3 aromatic heterocycles. The van der Waals surface area contributed by atoms with Gasteiger partial charge >= 0.3 is 5.63 Å². The van der Waals surface area contributed by atoms with Crippen molar-refractivity contribution in [3.63, 3.8) is 0 Å². The first kappa shape index (κ1) is 20.3. The van der Waals surface area contributed by atoms with Crippen molar-refractivity contribution in [2.75, 3.05) is 0 Å². The Morgan fingerprint density at radius 3 is 2.66 bits per heavy atom. The first-order valence-corrected chi connectivity index (χ1v) is 11.1. The molecule has 5 aromatic rings. The van der Waals surface area contributed by atoms with Gasteiger partial charge < -0.3 is 4.42 Å². The lowest BCUT2D eigenvalue weighted by Crippen LogP contribution is -2.22. The summed E-state index contributed by atoms with van der Waals surface area (Å²) in [6, 6.07) is 12.9. The first-order valence-electron chi connectivity index (χ1n) is 10.1. The molecule has 0 saturated carbocycles. The van der Waals surface area contributed by atoms with Crippen LogP contribution in [-0.2, 0) is 12.3 Å². The van der Waals surface area contributed by atoms with Crippen molar-refractivity contribution in [2.45, 2.75) is 31.3 Å². The number of fused-ring (bicyclic) bond motifs is 4. The number of benzene rings is 2. The number of thioether (sulfide) groups is 1. The van der Waals surface area contributed by atoms with Gasteiger partial charge in [-0.2, -0.15) is 0 Å². The van der Waals surface area contributed by atoms with Gasteiger partial charge in [0.2, 0.25) is 5.78 Å². The van der Waals surface area contributed by atoms with Crippen LogP contribution in [0.2, 0.25) is 0 Å². The second-order valence-electron chi connectivity index (χ2n) is 7.65. The van der Waals surface area contributed by atoms with Gasteiger partial charge in [0.25, 0.3) is 5.56 Å². The minimum atomic E-state index is -0.382. The fourth-order valence-electron chi connectivity index (χ4n) is 3.87. The topological polar surface area (TPSA) is 82.4 Å². The number of aromatic nitrogens is 4. The number of hydrogen-bond acceptors (Lipinski definition) is 6. The number of aryl methyl sites for hydroxylation is 2. The summed E-state index contributed by atoms with van der Waals surface area (Å²) in [5.74, 6) is 0.959. The van der Waals surface area contributed by atoms with Gasteiger partial charge in [-0.1, -0.05) is 30.0 Å². The fourth-order valence-corrected chi connectivity index (χ4v) is 4.80. The van der Waals surface area contributed by atoms with Gasteiger partial charge in [-0.25, -0.2) is 4.79 Å². The Bertz CT molecular complexity index is 1650. The Labute approximate surface area is 187 Å². The average Bonchev–Trinajstić information content (AvgIpc) is 3.20. The molecule has 160 valence electrons. The Kier molecular flexibility index (Phi) is 4.94. The van der Waals surface area contributed by atoms with E-state index in [1.165, 1.54) is 17.8 Å². The molecular weight excluding hydrogens is 424 g/mol. The van der Waals surface area contributed by atoms with Gasteiger partial charge in [-0.15, -0.1) is 16.8 Å². The van der Waals surface area contributed by atoms with Crippen molar-refractivity contribution in [1.29, 1.82) is 0 Å². The third-order valence-electron chi connectivity index (χ3n) is 5.59. The van der Waals surface area contributed by atoms with Crippen LogP contribution in [0.1, 0.15) is 16.7 Å². The molecule has 0 N–H and O–H groups in total. The van der Waals surface area contributed by atoms with Crippen molar-refractivity contribution < 1.29 is 4.42 Å². The number of hydrogen-bond donors (Lipinski definition) is 0. The van der Waals surface area contributed by atoms with Gasteiger partial charge in [0.15, 0.2) is 5.16 Å². The lowest BCUT2D eigenvalue weighted by Gasteiger charge is -2.10. The molecule has 0 radical (unpaired) electrons. The number of allylic oxidation sites excluding steroid dienone is 1. The molecule has 0 aliphatic carbocycles. The van der Waals surface area contributed by atoms with Crippen molar-refractivity contribution in [3.05, 3.63) is 92.6 Å². The van der Waals surface area contributed by atoms with Crippen LogP contribution in [0, 0.1) is 13.8 Å². The van der Waals surface area contributed by atoms with E-state index >= 15 is 0 Å². The van der Waals surface area contributed by atoms with Gasteiger partial charge in [0.05, 0.1) is 10.9 Å². The van der Waals surface area contributed by atoms with E-state index in [0.717, 1.165) is 27.6 Å². The molecule has 3 heterocycles. The zero-order valence-electron chi connectivity index (χ0n) is 17.7. The molecule has 0 aliphatic heterocycles. The standard InChI is InChI=1S/C24H20N4O3S/c1-4-9-27-22(30)17-7-5-6-8-19(17)28-23(27)25-26-24(28)32-13-16-12-21(29)31-20-11-15(3)14(2)10-18(16)20/h4-8,10-12H,1,9,13H2,2-3H3. The van der Waals surface area contributed by atoms with Crippen LogP contribution in [0.3, 0.4) is 0 Å². The van der Waals surface area contributed by atoms with E-state index in [-0.39, 0.29) is 11.2 Å². The second-order valence-corrected chi connectivity index (χ2v) is 8.59. The van der Waals surface area contributed by atoms with Crippen molar-refractivity contribution in [1.82, 2.24) is 19.2 Å². The average molecular weight is 445 g/mol. The number of nitrogens with zero attached hydrogens (tertiary/aromatic N) is 4. The summed E-state index contributed by atoms with van der Waals surface area (Å²) in [4.78, 5) is 25.1. The molecule has 8 heteroatoms. The first-order chi connectivity index (χ1) is 15.5. The monoisotopic (exact) mass is 444 g/mol. The largest absolute Gasteiger partial charge is 0.423 e. The quantitative estimate of drug-likeness (QED) is 0.229. The maximum atomic E-state index is 12.9. The molecule has 0 aliphatic rings. The number of rotatable bonds is 5. The third-order valence-corrected chi connectivity index (χ3v) is 6.57. The molecule has 0 saturated heterocycles. The van der Waals surface area contributed by atoms with E-state index < -0.39 is 0 Å². The fraction of sp³-hybridized carbons (Fsp3) is 0.167. The highest BCUT2D eigenvalue weighted by atomic mass is 32.2. The summed E-state index contributed by atoms with van der Waals surface area (Å²) in [6.07, 6.45) is 1.66. The van der Waals surface area contributed by atoms with E-state index in [1.54, 1.807) is 16.7 Å². The van der Waals surface area contributed by atoms with Gasteiger partial charge in [0, 0.05) is 23.8 Å². The molecule has 2 aromatic carbocycles. The van der Waals surface area contributed by atoms with Crippen molar-refractivity contribution >= 4 is 39.4 Å². The molecule has 0 fully saturated rings. The van der Waals surface area contributed by atoms with Crippen molar-refractivity contribution in [2.24, 2.45) is 0 Å². The highest BCUT2D eigenvalue weighted by molar-refractivity contribution is 7.98. The van der Waals surface area contributed by atoms with Crippen LogP contribution >= 0.6 is 11.8 Å². The Hall–Kier alpha value is -3.65. The number of para-hydroxylation sites is 1. The normalized spacial score (nSPS) is 11.6. The van der Waals surface area contributed by atoms with Crippen LogP contribution < -0.4 is 11.2 Å². The zero-order chi connectivity index (χ0) is 22.4. The van der Waals surface area contributed by atoms with E-state index in [9.17, 15) is 9.59 Å². The van der Waals surface area contributed by atoms with E-state index in [1.807, 2.05) is 48.6 Å². The summed E-state index contributed by atoms with van der Waals surface area (Å²) >= 11 is 1.46. The van der Waals surface area contributed by atoms with E-state index in [4.69, 9.17) is 4.42 Å². The van der Waals surface area contributed by atoms with Crippen LogP contribution in [0.15, 0.2) is 74.3 Å². The highest BCUT2D eigenvalue weighted by Gasteiger charge is 2.17. The van der Waals surface area contributed by atoms with E-state index in [2.05, 4.69) is 16.8 Å². The Balaban J connectivity index is 1.65. The lowest BCUT2D eigenvalue weighted by atomic mass is 10.0. The molecular formula is C24H20N4O3S. The van der Waals surface area contributed by atoms with Gasteiger partial charge in [0.1, 0.15) is 5.58 Å². The summed E-state index contributed by atoms with van der Waals surface area (Å²) in [6.45, 7) is 8.12. The molecule has 0 amide bonds. The van der Waals surface area contributed by atoms with Crippen LogP contribution in [0.5, 0.6) is 0 Å². The molecule has 0 unspecified atom stereocenters. The third kappa shape index (κ3) is 3.23. The molecule has 5 rings (SSSR count). The highest BCUT2D eigenvalue weighted by Crippen LogP contribution is 2.28. The Morgan fingerprint density at radius 2 is 1.84 bits per heavy atom. The van der Waals surface area contributed by atoms with E-state index in [0.29, 0.717) is 34.2 Å². The van der Waals surface area contributed by atoms with Crippen LogP contribution in [-0.4, -0.2) is 19.2 Å². The Morgan fingerprint density at radius 1 is 1.06 bits per heavy atom. The molecule has 0 atom stereocenters. The lowest BCUT2D eigenvalue weighted by molar-refractivity contribution is 0.559. The van der Waals surface area contributed by atoms with Crippen LogP contribution in [0.4, 0.5) is 0 Å². The molecule has 0 bridgehead atoms. The maximum Gasteiger partial charge on any atom is 0.336 e. The smallest absolute Gasteiger partial charge is 0.336 e. The molecule has 0 spiro atoms. The summed E-state index contributed by atoms with van der Waals surface area (Å²) in [5.41, 5.74) is 3.87. The van der Waals surface area contributed by atoms with Gasteiger partial charge in [-0.05, 0) is 54.8 Å². The van der Waals surface area contributed by atoms with Crippen LogP contribution in [0.25, 0.3) is 27.6 Å². The SMILES string of the molecule is C=CCn1c(=O)c2ccccc2n2c(SCc3cc(=O)oc4cc(C)c(C)cc34)nnc12. The second kappa shape index (κ2) is 7.80. The van der Waals surface area contributed by atoms with Gasteiger partial charge in [-0.3, -0.25) is 13.8 Å². The zero-order valence-corrected chi connectivity index (χ0v) is 18.5. The molecule has 32 heavy (non-hydrogen) atoms. The minimum absolute atomic E-state index is 0.130. The predicted octanol–water partition coefficient (Wildman–Crippen LogP) is 4.25.